The maximum Gasteiger partial charge on any atom is 0.0897 e. The lowest BCUT2D eigenvalue weighted by molar-refractivity contribution is 0.0643. The summed E-state index contributed by atoms with van der Waals surface area (Å²) in [5.74, 6) is 1.81. The number of ether oxygens (including phenoxy) is 1. The van der Waals surface area contributed by atoms with Crippen LogP contribution in [0.25, 0.3) is 0 Å². The summed E-state index contributed by atoms with van der Waals surface area (Å²) < 4.78 is 4.87. The standard InChI is InChI=1S/C13H27NO2/c1-11-4-3-5-12(8-11)6-7-14-9-13(15)10-16-2/h11-15H,3-10H2,1-2H3. The summed E-state index contributed by atoms with van der Waals surface area (Å²) in [7, 11) is 1.62. The van der Waals surface area contributed by atoms with Gasteiger partial charge in [0.05, 0.1) is 12.7 Å². The van der Waals surface area contributed by atoms with Gasteiger partial charge in [0.2, 0.25) is 0 Å². The van der Waals surface area contributed by atoms with E-state index in [1.54, 1.807) is 7.11 Å². The molecule has 0 heterocycles. The number of rotatable bonds is 7. The van der Waals surface area contributed by atoms with Crippen molar-refractivity contribution in [2.45, 2.75) is 45.1 Å². The molecule has 2 N–H and O–H groups in total. The Kier molecular flexibility index (Phi) is 7.01. The van der Waals surface area contributed by atoms with Crippen molar-refractivity contribution in [1.29, 1.82) is 0 Å². The van der Waals surface area contributed by atoms with Gasteiger partial charge in [0.25, 0.3) is 0 Å². The molecule has 0 bridgehead atoms. The van der Waals surface area contributed by atoms with Crippen molar-refractivity contribution < 1.29 is 9.84 Å². The summed E-state index contributed by atoms with van der Waals surface area (Å²) in [6.07, 6.45) is 6.49. The van der Waals surface area contributed by atoms with Crippen LogP contribution in [0.1, 0.15) is 39.0 Å². The molecule has 1 rings (SSSR count). The topological polar surface area (TPSA) is 41.5 Å². The second-order valence-electron chi connectivity index (χ2n) is 5.24. The fourth-order valence-corrected chi connectivity index (χ4v) is 2.65. The molecule has 0 aromatic heterocycles. The maximum atomic E-state index is 9.44. The average Bonchev–Trinajstić information content (AvgIpc) is 2.25. The van der Waals surface area contributed by atoms with E-state index in [-0.39, 0.29) is 6.10 Å². The van der Waals surface area contributed by atoms with Crippen LogP contribution in [0.5, 0.6) is 0 Å². The monoisotopic (exact) mass is 229 g/mol. The van der Waals surface area contributed by atoms with E-state index in [9.17, 15) is 5.11 Å². The lowest BCUT2D eigenvalue weighted by Gasteiger charge is -2.26. The molecule has 1 fully saturated rings. The van der Waals surface area contributed by atoms with E-state index < -0.39 is 0 Å². The lowest BCUT2D eigenvalue weighted by Crippen LogP contribution is -2.31. The summed E-state index contributed by atoms with van der Waals surface area (Å²) >= 11 is 0. The Bertz CT molecular complexity index is 175. The van der Waals surface area contributed by atoms with Crippen LogP contribution in [-0.2, 0) is 4.74 Å². The van der Waals surface area contributed by atoms with Crippen molar-refractivity contribution in [3.63, 3.8) is 0 Å². The highest BCUT2D eigenvalue weighted by Crippen LogP contribution is 2.30. The SMILES string of the molecule is COCC(O)CNCCC1CCCC(C)C1. The highest BCUT2D eigenvalue weighted by Gasteiger charge is 2.18. The number of aliphatic hydroxyl groups is 1. The zero-order valence-electron chi connectivity index (χ0n) is 10.7. The quantitative estimate of drug-likeness (QED) is 0.654. The molecule has 3 unspecified atom stereocenters. The predicted molar refractivity (Wildman–Crippen MR) is 66.5 cm³/mol. The molecule has 1 aliphatic carbocycles. The number of hydrogen-bond donors (Lipinski definition) is 2. The van der Waals surface area contributed by atoms with Gasteiger partial charge in [-0.1, -0.05) is 26.2 Å². The minimum Gasteiger partial charge on any atom is -0.389 e. The molecule has 3 atom stereocenters. The lowest BCUT2D eigenvalue weighted by atomic mass is 9.81. The number of methoxy groups -OCH3 is 1. The largest absolute Gasteiger partial charge is 0.389 e. The summed E-state index contributed by atoms with van der Waals surface area (Å²) in [6.45, 7) is 4.46. The van der Waals surface area contributed by atoms with Gasteiger partial charge < -0.3 is 15.2 Å². The second kappa shape index (κ2) is 8.04. The van der Waals surface area contributed by atoms with Crippen LogP contribution in [-0.4, -0.2) is 38.0 Å². The van der Waals surface area contributed by atoms with Crippen molar-refractivity contribution in [2.75, 3.05) is 26.8 Å². The zero-order valence-corrected chi connectivity index (χ0v) is 10.7. The first-order chi connectivity index (χ1) is 7.72. The second-order valence-corrected chi connectivity index (χ2v) is 5.24. The average molecular weight is 229 g/mol. The van der Waals surface area contributed by atoms with Crippen LogP contribution in [0.2, 0.25) is 0 Å². The fraction of sp³-hybridized carbons (Fsp3) is 1.00. The first-order valence-corrected chi connectivity index (χ1v) is 6.60. The highest BCUT2D eigenvalue weighted by molar-refractivity contribution is 4.71. The van der Waals surface area contributed by atoms with Crippen molar-refractivity contribution in [3.05, 3.63) is 0 Å². The van der Waals surface area contributed by atoms with Crippen molar-refractivity contribution in [2.24, 2.45) is 11.8 Å². The number of aliphatic hydroxyl groups excluding tert-OH is 1. The molecule has 0 aromatic carbocycles. The van der Waals surface area contributed by atoms with Crippen LogP contribution in [0.4, 0.5) is 0 Å². The van der Waals surface area contributed by atoms with E-state index in [1.165, 1.54) is 32.1 Å². The smallest absolute Gasteiger partial charge is 0.0897 e. The summed E-state index contributed by atoms with van der Waals surface area (Å²) in [6, 6.07) is 0. The van der Waals surface area contributed by atoms with E-state index in [4.69, 9.17) is 4.74 Å². The molecule has 0 aliphatic heterocycles. The molecule has 96 valence electrons. The molecule has 0 amide bonds. The van der Waals surface area contributed by atoms with E-state index in [1.807, 2.05) is 0 Å². The summed E-state index contributed by atoms with van der Waals surface area (Å²) in [5.41, 5.74) is 0. The van der Waals surface area contributed by atoms with E-state index in [0.29, 0.717) is 13.2 Å². The molecule has 3 heteroatoms. The summed E-state index contributed by atoms with van der Waals surface area (Å²) in [4.78, 5) is 0. The molecular weight excluding hydrogens is 202 g/mol. The van der Waals surface area contributed by atoms with Crippen molar-refractivity contribution in [3.8, 4) is 0 Å². The van der Waals surface area contributed by atoms with Crippen LogP contribution < -0.4 is 5.32 Å². The Morgan fingerprint density at radius 1 is 1.44 bits per heavy atom. The van der Waals surface area contributed by atoms with E-state index >= 15 is 0 Å². The van der Waals surface area contributed by atoms with E-state index in [0.717, 1.165) is 18.4 Å². The molecule has 0 radical (unpaired) electrons. The Balaban J connectivity index is 1.98. The molecule has 16 heavy (non-hydrogen) atoms. The molecule has 0 spiro atoms. The summed E-state index contributed by atoms with van der Waals surface area (Å²) in [5, 5.41) is 12.7. The molecule has 3 nitrogen and oxygen atoms in total. The van der Waals surface area contributed by atoms with Crippen LogP contribution in [0.15, 0.2) is 0 Å². The maximum absolute atomic E-state index is 9.44. The molecular formula is C13H27NO2. The number of hydrogen-bond acceptors (Lipinski definition) is 3. The van der Waals surface area contributed by atoms with Gasteiger partial charge in [-0.3, -0.25) is 0 Å². The third kappa shape index (κ3) is 5.83. The molecule has 0 aromatic rings. The molecule has 1 aliphatic rings. The Hall–Kier alpha value is -0.120. The molecule has 1 saturated carbocycles. The van der Waals surface area contributed by atoms with Gasteiger partial charge >= 0.3 is 0 Å². The van der Waals surface area contributed by atoms with Crippen LogP contribution >= 0.6 is 0 Å². The van der Waals surface area contributed by atoms with Gasteiger partial charge in [-0.25, -0.2) is 0 Å². The van der Waals surface area contributed by atoms with Gasteiger partial charge in [0.1, 0.15) is 0 Å². The van der Waals surface area contributed by atoms with Gasteiger partial charge in [0, 0.05) is 13.7 Å². The minimum absolute atomic E-state index is 0.365. The fourth-order valence-electron chi connectivity index (χ4n) is 2.65. The van der Waals surface area contributed by atoms with Gasteiger partial charge in [-0.15, -0.1) is 0 Å². The minimum atomic E-state index is -0.365. The zero-order chi connectivity index (χ0) is 11.8. The third-order valence-corrected chi connectivity index (χ3v) is 3.51. The Morgan fingerprint density at radius 2 is 2.25 bits per heavy atom. The third-order valence-electron chi connectivity index (χ3n) is 3.51. The van der Waals surface area contributed by atoms with Gasteiger partial charge in [-0.05, 0) is 31.2 Å². The normalized spacial score (nSPS) is 27.9. The van der Waals surface area contributed by atoms with Crippen molar-refractivity contribution in [1.82, 2.24) is 5.32 Å². The van der Waals surface area contributed by atoms with Gasteiger partial charge in [0.15, 0.2) is 0 Å². The predicted octanol–water partition coefficient (Wildman–Crippen LogP) is 1.80. The number of nitrogens with one attached hydrogen (secondary N) is 1. The Morgan fingerprint density at radius 3 is 2.94 bits per heavy atom. The van der Waals surface area contributed by atoms with E-state index in [2.05, 4.69) is 12.2 Å². The van der Waals surface area contributed by atoms with Gasteiger partial charge in [-0.2, -0.15) is 0 Å². The first-order valence-electron chi connectivity index (χ1n) is 6.60. The highest BCUT2D eigenvalue weighted by atomic mass is 16.5. The Labute approximate surface area is 99.6 Å². The van der Waals surface area contributed by atoms with Crippen LogP contribution in [0.3, 0.4) is 0 Å². The first kappa shape index (κ1) is 13.9. The van der Waals surface area contributed by atoms with Crippen LogP contribution in [0, 0.1) is 11.8 Å². The molecule has 0 saturated heterocycles. The van der Waals surface area contributed by atoms with Crippen molar-refractivity contribution >= 4 is 0 Å².